The summed E-state index contributed by atoms with van der Waals surface area (Å²) in [5.41, 5.74) is 2.40. The molecule has 9 heteroatoms. The first-order valence-electron chi connectivity index (χ1n) is 8.60. The number of aromatic nitrogens is 3. The van der Waals surface area contributed by atoms with E-state index in [2.05, 4.69) is 15.5 Å². The highest BCUT2D eigenvalue weighted by atomic mass is 35.5. The molecular formula is C19H20ClN5O2S. The van der Waals surface area contributed by atoms with Crippen molar-refractivity contribution >= 4 is 35.0 Å². The van der Waals surface area contributed by atoms with Crippen molar-refractivity contribution in [3.63, 3.8) is 0 Å². The number of carbonyl (C=O) groups excluding carboxylic acids is 1. The summed E-state index contributed by atoms with van der Waals surface area (Å²) in [7, 11) is 0. The zero-order valence-electron chi connectivity index (χ0n) is 15.5. The van der Waals surface area contributed by atoms with Crippen LogP contribution >= 0.6 is 23.4 Å². The van der Waals surface area contributed by atoms with Gasteiger partial charge in [0.2, 0.25) is 11.1 Å². The van der Waals surface area contributed by atoms with E-state index >= 15 is 0 Å². The molecule has 0 atom stereocenters. The van der Waals surface area contributed by atoms with Crippen LogP contribution in [-0.4, -0.2) is 33.1 Å². The fraction of sp³-hybridized carbons (Fsp3) is 0.211. The van der Waals surface area contributed by atoms with E-state index in [1.54, 1.807) is 12.1 Å². The van der Waals surface area contributed by atoms with Crippen molar-refractivity contribution in [2.75, 3.05) is 23.5 Å². The number of hydrogen-bond donors (Lipinski definition) is 2. The second-order valence-electron chi connectivity index (χ2n) is 5.95. The number of hydrogen-bond acceptors (Lipinski definition) is 6. The maximum absolute atomic E-state index is 12.2. The molecule has 146 valence electrons. The number of benzene rings is 2. The van der Waals surface area contributed by atoms with Gasteiger partial charge < -0.3 is 15.9 Å². The van der Waals surface area contributed by atoms with Crippen molar-refractivity contribution in [1.82, 2.24) is 14.9 Å². The lowest BCUT2D eigenvalue weighted by molar-refractivity contribution is -0.113. The summed E-state index contributed by atoms with van der Waals surface area (Å²) >= 11 is 7.34. The maximum atomic E-state index is 12.2. The lowest BCUT2D eigenvalue weighted by Gasteiger charge is -2.08. The van der Waals surface area contributed by atoms with E-state index in [1.807, 2.05) is 44.2 Å². The van der Waals surface area contributed by atoms with E-state index in [0.717, 1.165) is 16.9 Å². The number of aryl methyl sites for hydroxylation is 1. The van der Waals surface area contributed by atoms with E-state index < -0.39 is 0 Å². The molecule has 2 aromatic carbocycles. The van der Waals surface area contributed by atoms with E-state index in [1.165, 1.54) is 16.4 Å². The highest BCUT2D eigenvalue weighted by Gasteiger charge is 2.14. The lowest BCUT2D eigenvalue weighted by Crippen LogP contribution is -2.16. The highest BCUT2D eigenvalue weighted by molar-refractivity contribution is 7.99. The fourth-order valence-corrected chi connectivity index (χ4v) is 3.42. The normalized spacial score (nSPS) is 10.7. The predicted octanol–water partition coefficient (Wildman–Crippen LogP) is 3.75. The molecule has 0 unspecified atom stereocenters. The minimum atomic E-state index is -0.207. The molecule has 0 saturated carbocycles. The molecule has 0 aliphatic rings. The molecule has 3 rings (SSSR count). The average Bonchev–Trinajstić information content (AvgIpc) is 3.04. The van der Waals surface area contributed by atoms with Gasteiger partial charge in [-0.25, -0.2) is 4.68 Å². The molecule has 1 amide bonds. The number of anilines is 1. The van der Waals surface area contributed by atoms with Crippen molar-refractivity contribution in [2.24, 2.45) is 0 Å². The van der Waals surface area contributed by atoms with E-state index in [9.17, 15) is 4.79 Å². The second-order valence-corrected chi connectivity index (χ2v) is 7.30. The van der Waals surface area contributed by atoms with Gasteiger partial charge in [0.15, 0.2) is 5.82 Å². The van der Waals surface area contributed by atoms with Crippen LogP contribution in [-0.2, 0) is 4.79 Å². The van der Waals surface area contributed by atoms with Crippen LogP contribution in [0.15, 0.2) is 47.6 Å². The monoisotopic (exact) mass is 417 g/mol. The summed E-state index contributed by atoms with van der Waals surface area (Å²) in [5, 5.41) is 11.9. The van der Waals surface area contributed by atoms with Crippen molar-refractivity contribution in [3.05, 3.63) is 53.1 Å². The Labute approximate surface area is 172 Å². The van der Waals surface area contributed by atoms with Crippen molar-refractivity contribution in [1.29, 1.82) is 0 Å². The Morgan fingerprint density at radius 3 is 2.68 bits per heavy atom. The Morgan fingerprint density at radius 2 is 2.00 bits per heavy atom. The molecule has 1 heterocycles. The topological polar surface area (TPSA) is 95.1 Å². The molecule has 0 spiro atoms. The molecule has 1 aromatic heterocycles. The second kappa shape index (κ2) is 8.99. The van der Waals surface area contributed by atoms with Crippen LogP contribution in [0.25, 0.3) is 11.4 Å². The van der Waals surface area contributed by atoms with Gasteiger partial charge in [0.05, 0.1) is 23.1 Å². The summed E-state index contributed by atoms with van der Waals surface area (Å²) in [4.78, 5) is 12.2. The van der Waals surface area contributed by atoms with Crippen LogP contribution in [0.5, 0.6) is 5.75 Å². The van der Waals surface area contributed by atoms with Gasteiger partial charge >= 0.3 is 0 Å². The predicted molar refractivity (Wildman–Crippen MR) is 112 cm³/mol. The van der Waals surface area contributed by atoms with Crippen molar-refractivity contribution in [3.8, 4) is 17.1 Å². The Bertz CT molecular complexity index is 975. The van der Waals surface area contributed by atoms with E-state index in [4.69, 9.17) is 22.2 Å². The number of ether oxygens (including phenoxy) is 1. The summed E-state index contributed by atoms with van der Waals surface area (Å²) in [6.45, 7) is 4.46. The van der Waals surface area contributed by atoms with Crippen LogP contribution in [0, 0.1) is 6.92 Å². The minimum absolute atomic E-state index is 0.128. The Kier molecular flexibility index (Phi) is 6.43. The average molecular weight is 418 g/mol. The maximum Gasteiger partial charge on any atom is 0.234 e. The summed E-state index contributed by atoms with van der Waals surface area (Å²) < 4.78 is 6.80. The largest absolute Gasteiger partial charge is 0.494 e. The number of nitrogens with two attached hydrogens (primary N) is 1. The third-order valence-corrected chi connectivity index (χ3v) is 5.07. The number of halogens is 1. The minimum Gasteiger partial charge on any atom is -0.494 e. The molecule has 3 aromatic rings. The third-order valence-electron chi connectivity index (χ3n) is 3.82. The number of nitrogens with zero attached hydrogens (tertiary/aromatic N) is 3. The molecule has 28 heavy (non-hydrogen) atoms. The Balaban J connectivity index is 1.63. The molecule has 0 fully saturated rings. The van der Waals surface area contributed by atoms with E-state index in [-0.39, 0.29) is 11.7 Å². The van der Waals surface area contributed by atoms with Crippen molar-refractivity contribution in [2.45, 2.75) is 19.0 Å². The lowest BCUT2D eigenvalue weighted by atomic mass is 10.2. The van der Waals surface area contributed by atoms with Gasteiger partial charge in [-0.2, -0.15) is 0 Å². The standard InChI is InChI=1S/C19H20ClN5O2S/c1-3-27-14-7-5-13(6-8-14)18-23-24-19(25(18)21)28-11-17(26)22-16-9-4-12(2)10-15(16)20/h4-10H,3,11,21H2,1-2H3,(H,22,26). The van der Waals surface area contributed by atoms with Gasteiger partial charge in [-0.15, -0.1) is 10.2 Å². The third kappa shape index (κ3) is 4.76. The first-order chi connectivity index (χ1) is 13.5. The van der Waals surface area contributed by atoms with Gasteiger partial charge in [0, 0.05) is 5.56 Å². The zero-order valence-corrected chi connectivity index (χ0v) is 17.0. The fourth-order valence-electron chi connectivity index (χ4n) is 2.48. The smallest absolute Gasteiger partial charge is 0.234 e. The van der Waals surface area contributed by atoms with Crippen LogP contribution in [0.2, 0.25) is 5.02 Å². The Morgan fingerprint density at radius 1 is 1.25 bits per heavy atom. The highest BCUT2D eigenvalue weighted by Crippen LogP contribution is 2.25. The molecule has 7 nitrogen and oxygen atoms in total. The molecule has 0 saturated heterocycles. The van der Waals surface area contributed by atoms with Crippen LogP contribution < -0.4 is 15.9 Å². The van der Waals surface area contributed by atoms with Gasteiger partial charge in [-0.3, -0.25) is 4.79 Å². The molecule has 0 radical (unpaired) electrons. The number of rotatable bonds is 7. The number of thioether (sulfide) groups is 1. The number of nitrogens with one attached hydrogen (secondary N) is 1. The number of carbonyl (C=O) groups is 1. The van der Waals surface area contributed by atoms with E-state index in [0.29, 0.717) is 28.3 Å². The molecule has 3 N–H and O–H groups in total. The number of amides is 1. The Hall–Kier alpha value is -2.71. The van der Waals surface area contributed by atoms with Gasteiger partial charge in [-0.1, -0.05) is 29.4 Å². The molecule has 0 aliphatic carbocycles. The summed E-state index contributed by atoms with van der Waals surface area (Å²) in [6.07, 6.45) is 0. The first kappa shape index (κ1) is 20.0. The van der Waals surface area contributed by atoms with Gasteiger partial charge in [0.25, 0.3) is 0 Å². The van der Waals surface area contributed by atoms with Gasteiger partial charge in [0.1, 0.15) is 5.75 Å². The van der Waals surface area contributed by atoms with Crippen LogP contribution in [0.3, 0.4) is 0 Å². The quantitative estimate of drug-likeness (QED) is 0.449. The van der Waals surface area contributed by atoms with Crippen molar-refractivity contribution < 1.29 is 9.53 Å². The number of nitrogen functional groups attached to an aromatic ring is 1. The molecule has 0 aliphatic heterocycles. The van der Waals surface area contributed by atoms with Crippen LogP contribution in [0.1, 0.15) is 12.5 Å². The molecular weight excluding hydrogens is 398 g/mol. The van der Waals surface area contributed by atoms with Gasteiger partial charge in [-0.05, 0) is 55.8 Å². The molecule has 0 bridgehead atoms. The summed E-state index contributed by atoms with van der Waals surface area (Å²) in [5.74, 6) is 7.30. The first-order valence-corrected chi connectivity index (χ1v) is 9.96. The van der Waals surface area contributed by atoms with Crippen LogP contribution in [0.4, 0.5) is 5.69 Å². The SMILES string of the molecule is CCOc1ccc(-c2nnc(SCC(=O)Nc3ccc(C)cc3Cl)n2N)cc1. The summed E-state index contributed by atoms with van der Waals surface area (Å²) in [6, 6.07) is 12.9. The zero-order chi connectivity index (χ0) is 20.1.